The minimum absolute atomic E-state index is 0.473. The number of rotatable bonds is 7. The van der Waals surface area contributed by atoms with Gasteiger partial charge in [-0.25, -0.2) is 0 Å². The van der Waals surface area contributed by atoms with E-state index in [4.69, 9.17) is 9.15 Å². The first-order valence-electron chi connectivity index (χ1n) is 6.75. The van der Waals surface area contributed by atoms with E-state index in [0.29, 0.717) is 6.61 Å². The molecular weight excluding hydrogens is 238 g/mol. The smallest absolute Gasteiger partial charge is 0.146 e. The maximum absolute atomic E-state index is 5.81. The molecule has 0 aliphatic rings. The van der Waals surface area contributed by atoms with Crippen LogP contribution in [0.1, 0.15) is 30.2 Å². The monoisotopic (exact) mass is 259 g/mol. The molecule has 0 bridgehead atoms. The number of ether oxygens (including phenoxy) is 1. The third-order valence-corrected chi connectivity index (χ3v) is 3.03. The third-order valence-electron chi connectivity index (χ3n) is 3.03. The molecule has 2 aromatic rings. The number of furan rings is 1. The molecule has 0 spiro atoms. The Balaban J connectivity index is 1.93. The zero-order valence-corrected chi connectivity index (χ0v) is 11.6. The lowest BCUT2D eigenvalue weighted by Crippen LogP contribution is -2.14. The van der Waals surface area contributed by atoms with Crippen LogP contribution >= 0.6 is 0 Å². The van der Waals surface area contributed by atoms with Gasteiger partial charge in [0.15, 0.2) is 0 Å². The maximum Gasteiger partial charge on any atom is 0.146 e. The van der Waals surface area contributed by atoms with Gasteiger partial charge in [0.05, 0.1) is 6.26 Å². The van der Waals surface area contributed by atoms with E-state index in [9.17, 15) is 0 Å². The molecule has 1 heterocycles. The number of para-hydroxylation sites is 1. The number of hydrogen-bond donors (Lipinski definition) is 1. The Morgan fingerprint density at radius 3 is 2.84 bits per heavy atom. The Labute approximate surface area is 114 Å². The zero-order valence-electron chi connectivity index (χ0n) is 11.6. The first-order valence-corrected chi connectivity index (χ1v) is 6.75. The van der Waals surface area contributed by atoms with E-state index < -0.39 is 0 Å². The van der Waals surface area contributed by atoms with E-state index in [1.54, 1.807) is 6.26 Å². The summed E-state index contributed by atoms with van der Waals surface area (Å²) in [6, 6.07) is 10.0. The van der Waals surface area contributed by atoms with Gasteiger partial charge in [0, 0.05) is 12.1 Å². The van der Waals surface area contributed by atoms with Crippen molar-refractivity contribution < 1.29 is 9.15 Å². The Kier molecular flexibility index (Phi) is 5.04. The fourth-order valence-electron chi connectivity index (χ4n) is 1.91. The van der Waals surface area contributed by atoms with Crippen molar-refractivity contribution in [1.29, 1.82) is 0 Å². The number of aryl methyl sites for hydroxylation is 1. The first kappa shape index (κ1) is 13.7. The minimum Gasteiger partial charge on any atom is -0.485 e. The Morgan fingerprint density at radius 1 is 1.21 bits per heavy atom. The molecule has 2 rings (SSSR count). The van der Waals surface area contributed by atoms with Gasteiger partial charge < -0.3 is 14.5 Å². The Bertz CT molecular complexity index is 505. The quantitative estimate of drug-likeness (QED) is 0.770. The highest BCUT2D eigenvalue weighted by Gasteiger charge is 2.07. The molecule has 0 saturated carbocycles. The van der Waals surface area contributed by atoms with Crippen molar-refractivity contribution >= 4 is 0 Å². The minimum atomic E-state index is 0.473. The van der Waals surface area contributed by atoms with Crippen LogP contribution in [0.25, 0.3) is 0 Å². The van der Waals surface area contributed by atoms with Crippen LogP contribution < -0.4 is 10.1 Å². The van der Waals surface area contributed by atoms with Crippen LogP contribution in [0.2, 0.25) is 0 Å². The van der Waals surface area contributed by atoms with Crippen LogP contribution in [0.5, 0.6) is 5.75 Å². The molecule has 0 amide bonds. The van der Waals surface area contributed by atoms with E-state index in [2.05, 4.69) is 12.2 Å². The molecule has 0 aliphatic carbocycles. The molecule has 3 heteroatoms. The molecule has 1 aromatic heterocycles. The second kappa shape index (κ2) is 7.00. The summed E-state index contributed by atoms with van der Waals surface area (Å²) in [5, 5.41) is 3.37. The van der Waals surface area contributed by atoms with Crippen molar-refractivity contribution in [2.75, 3.05) is 6.54 Å². The Hall–Kier alpha value is -1.74. The lowest BCUT2D eigenvalue weighted by molar-refractivity contribution is 0.266. The topological polar surface area (TPSA) is 34.4 Å². The van der Waals surface area contributed by atoms with Crippen molar-refractivity contribution in [2.45, 2.75) is 33.4 Å². The lowest BCUT2D eigenvalue weighted by atomic mass is 10.2. The van der Waals surface area contributed by atoms with Crippen LogP contribution in [0.4, 0.5) is 0 Å². The molecule has 3 nitrogen and oxygen atoms in total. The van der Waals surface area contributed by atoms with Crippen LogP contribution in [0, 0.1) is 6.92 Å². The van der Waals surface area contributed by atoms with Crippen molar-refractivity contribution in [3.8, 4) is 5.75 Å². The number of nitrogens with one attached hydrogen (secondary N) is 1. The van der Waals surface area contributed by atoms with E-state index in [1.165, 1.54) is 5.56 Å². The highest BCUT2D eigenvalue weighted by atomic mass is 16.5. The average Bonchev–Trinajstić information content (AvgIpc) is 2.86. The third kappa shape index (κ3) is 3.86. The van der Waals surface area contributed by atoms with Crippen molar-refractivity contribution in [2.24, 2.45) is 0 Å². The summed E-state index contributed by atoms with van der Waals surface area (Å²) in [5.41, 5.74) is 2.31. The molecule has 0 saturated heterocycles. The molecule has 1 aromatic carbocycles. The summed E-state index contributed by atoms with van der Waals surface area (Å²) in [6.07, 6.45) is 2.85. The van der Waals surface area contributed by atoms with Gasteiger partial charge in [-0.3, -0.25) is 0 Å². The molecule has 102 valence electrons. The van der Waals surface area contributed by atoms with Crippen molar-refractivity contribution in [3.63, 3.8) is 0 Å². The van der Waals surface area contributed by atoms with E-state index in [0.717, 1.165) is 36.6 Å². The van der Waals surface area contributed by atoms with Crippen LogP contribution in [0.3, 0.4) is 0 Å². The largest absolute Gasteiger partial charge is 0.485 e. The SMILES string of the molecule is CCCNCc1ccoc1COc1ccccc1C. The molecule has 0 unspecified atom stereocenters. The van der Waals surface area contributed by atoms with Gasteiger partial charge in [0.2, 0.25) is 0 Å². The summed E-state index contributed by atoms with van der Waals surface area (Å²) in [7, 11) is 0. The summed E-state index contributed by atoms with van der Waals surface area (Å²) in [4.78, 5) is 0. The zero-order chi connectivity index (χ0) is 13.5. The fourth-order valence-corrected chi connectivity index (χ4v) is 1.91. The summed E-state index contributed by atoms with van der Waals surface area (Å²) in [6.45, 7) is 6.52. The van der Waals surface area contributed by atoms with Crippen LogP contribution in [0.15, 0.2) is 41.0 Å². The average molecular weight is 259 g/mol. The van der Waals surface area contributed by atoms with Gasteiger partial charge in [-0.15, -0.1) is 0 Å². The summed E-state index contributed by atoms with van der Waals surface area (Å²) >= 11 is 0. The van der Waals surface area contributed by atoms with Crippen LogP contribution in [-0.2, 0) is 13.2 Å². The highest BCUT2D eigenvalue weighted by Crippen LogP contribution is 2.19. The van der Waals surface area contributed by atoms with Crippen molar-refractivity contribution in [3.05, 3.63) is 53.5 Å². The normalized spacial score (nSPS) is 10.6. The highest BCUT2D eigenvalue weighted by molar-refractivity contribution is 5.32. The molecular formula is C16H21NO2. The Morgan fingerprint density at radius 2 is 2.05 bits per heavy atom. The van der Waals surface area contributed by atoms with Gasteiger partial charge in [-0.1, -0.05) is 25.1 Å². The molecule has 1 N–H and O–H groups in total. The van der Waals surface area contributed by atoms with Gasteiger partial charge in [-0.2, -0.15) is 0 Å². The standard InChI is InChI=1S/C16H21NO2/c1-3-9-17-11-14-8-10-18-16(14)12-19-15-7-5-4-6-13(15)2/h4-8,10,17H,3,9,11-12H2,1-2H3. The lowest BCUT2D eigenvalue weighted by Gasteiger charge is -2.09. The molecule has 0 radical (unpaired) electrons. The van der Waals surface area contributed by atoms with E-state index in [1.807, 2.05) is 37.3 Å². The second-order valence-electron chi connectivity index (χ2n) is 4.60. The van der Waals surface area contributed by atoms with Crippen molar-refractivity contribution in [1.82, 2.24) is 5.32 Å². The molecule has 19 heavy (non-hydrogen) atoms. The van der Waals surface area contributed by atoms with Gasteiger partial charge >= 0.3 is 0 Å². The fraction of sp³-hybridized carbons (Fsp3) is 0.375. The second-order valence-corrected chi connectivity index (χ2v) is 4.60. The van der Waals surface area contributed by atoms with E-state index in [-0.39, 0.29) is 0 Å². The molecule has 0 aliphatic heterocycles. The molecule has 0 fully saturated rings. The van der Waals surface area contributed by atoms with Crippen LogP contribution in [-0.4, -0.2) is 6.54 Å². The predicted octanol–water partition coefficient (Wildman–Crippen LogP) is 3.67. The first-order chi connectivity index (χ1) is 9.31. The maximum atomic E-state index is 5.81. The predicted molar refractivity (Wildman–Crippen MR) is 76.2 cm³/mol. The number of hydrogen-bond acceptors (Lipinski definition) is 3. The van der Waals surface area contributed by atoms with Gasteiger partial charge in [-0.05, 0) is 37.6 Å². The van der Waals surface area contributed by atoms with Gasteiger partial charge in [0.25, 0.3) is 0 Å². The molecule has 0 atom stereocenters. The van der Waals surface area contributed by atoms with Gasteiger partial charge in [0.1, 0.15) is 18.1 Å². The summed E-state index contributed by atoms with van der Waals surface area (Å²) in [5.74, 6) is 1.80. The number of benzene rings is 1. The summed E-state index contributed by atoms with van der Waals surface area (Å²) < 4.78 is 11.3. The van der Waals surface area contributed by atoms with E-state index >= 15 is 0 Å².